The lowest BCUT2D eigenvalue weighted by molar-refractivity contribution is -0.146. The quantitative estimate of drug-likeness (QED) is 0.733. The van der Waals surface area contributed by atoms with Crippen molar-refractivity contribution in [1.29, 1.82) is 0 Å². The summed E-state index contributed by atoms with van der Waals surface area (Å²) in [5, 5.41) is 3.59. The second kappa shape index (κ2) is 5.64. The van der Waals surface area contributed by atoms with Crippen molar-refractivity contribution in [3.63, 3.8) is 0 Å². The Balaban J connectivity index is 1.79. The predicted molar refractivity (Wildman–Crippen MR) is 60.1 cm³/mol. The minimum atomic E-state index is -0.0471. The van der Waals surface area contributed by atoms with Gasteiger partial charge in [0.05, 0.1) is 19.6 Å². The molecule has 0 radical (unpaired) electrons. The van der Waals surface area contributed by atoms with E-state index < -0.39 is 0 Å². The molecule has 2 fully saturated rings. The molecule has 1 saturated carbocycles. The minimum Gasteiger partial charge on any atom is -0.469 e. The number of nitrogens with one attached hydrogen (secondary N) is 1. The first-order chi connectivity index (χ1) is 7.79. The molecule has 1 aliphatic carbocycles. The zero-order valence-electron chi connectivity index (χ0n) is 9.91. The van der Waals surface area contributed by atoms with Crippen LogP contribution in [0.2, 0.25) is 0 Å². The van der Waals surface area contributed by atoms with E-state index in [4.69, 9.17) is 9.47 Å². The molecule has 2 rings (SSSR count). The van der Waals surface area contributed by atoms with Gasteiger partial charge in [0.1, 0.15) is 0 Å². The summed E-state index contributed by atoms with van der Waals surface area (Å²) < 4.78 is 10.2. The molecule has 2 aliphatic rings. The van der Waals surface area contributed by atoms with Gasteiger partial charge in [0.25, 0.3) is 0 Å². The fourth-order valence-corrected chi connectivity index (χ4v) is 2.72. The largest absolute Gasteiger partial charge is 0.469 e. The zero-order valence-corrected chi connectivity index (χ0v) is 9.91. The van der Waals surface area contributed by atoms with Gasteiger partial charge in [-0.25, -0.2) is 0 Å². The lowest BCUT2D eigenvalue weighted by Crippen LogP contribution is -2.42. The number of hydrogen-bond donors (Lipinski definition) is 1. The van der Waals surface area contributed by atoms with Gasteiger partial charge in [-0.1, -0.05) is 6.42 Å². The Morgan fingerprint density at radius 1 is 1.31 bits per heavy atom. The van der Waals surface area contributed by atoms with Crippen molar-refractivity contribution in [2.24, 2.45) is 5.92 Å². The highest BCUT2D eigenvalue weighted by Gasteiger charge is 2.29. The highest BCUT2D eigenvalue weighted by Crippen LogP contribution is 2.26. The van der Waals surface area contributed by atoms with Crippen LogP contribution in [0.4, 0.5) is 0 Å². The molecule has 1 N–H and O–H groups in total. The van der Waals surface area contributed by atoms with Crippen molar-refractivity contribution < 1.29 is 14.3 Å². The van der Waals surface area contributed by atoms with E-state index in [1.807, 2.05) is 0 Å². The van der Waals surface area contributed by atoms with Crippen LogP contribution in [0.1, 0.15) is 32.1 Å². The van der Waals surface area contributed by atoms with Gasteiger partial charge >= 0.3 is 5.97 Å². The van der Waals surface area contributed by atoms with Gasteiger partial charge in [-0.05, 0) is 25.7 Å². The Morgan fingerprint density at radius 3 is 2.88 bits per heavy atom. The maximum Gasteiger partial charge on any atom is 0.308 e. The van der Waals surface area contributed by atoms with Crippen LogP contribution < -0.4 is 5.32 Å². The molecule has 4 heteroatoms. The Hall–Kier alpha value is -0.610. The van der Waals surface area contributed by atoms with Crippen LogP contribution in [0.15, 0.2) is 0 Å². The van der Waals surface area contributed by atoms with E-state index in [9.17, 15) is 4.79 Å². The van der Waals surface area contributed by atoms with E-state index in [1.54, 1.807) is 0 Å². The monoisotopic (exact) mass is 227 g/mol. The second-order valence-electron chi connectivity index (χ2n) is 4.81. The van der Waals surface area contributed by atoms with E-state index in [2.05, 4.69) is 5.32 Å². The van der Waals surface area contributed by atoms with Crippen LogP contribution in [0.3, 0.4) is 0 Å². The molecule has 1 aliphatic heterocycles. The maximum absolute atomic E-state index is 11.5. The van der Waals surface area contributed by atoms with Crippen molar-refractivity contribution in [2.75, 3.05) is 20.3 Å². The summed E-state index contributed by atoms with van der Waals surface area (Å²) in [6.45, 7) is 1.68. The van der Waals surface area contributed by atoms with E-state index in [1.165, 1.54) is 13.5 Å². The van der Waals surface area contributed by atoms with Crippen LogP contribution in [-0.2, 0) is 14.3 Å². The number of hydrogen-bond acceptors (Lipinski definition) is 4. The molecule has 92 valence electrons. The van der Waals surface area contributed by atoms with Gasteiger partial charge in [-0.2, -0.15) is 0 Å². The second-order valence-corrected chi connectivity index (χ2v) is 4.81. The first-order valence-corrected chi connectivity index (χ1v) is 6.21. The summed E-state index contributed by atoms with van der Waals surface area (Å²) in [4.78, 5) is 11.5. The topological polar surface area (TPSA) is 47.6 Å². The molecule has 1 saturated heterocycles. The summed E-state index contributed by atoms with van der Waals surface area (Å²) in [5.74, 6) is 0.0488. The Kier molecular flexibility index (Phi) is 4.18. The summed E-state index contributed by atoms with van der Waals surface area (Å²) in [7, 11) is 1.48. The minimum absolute atomic E-state index is 0.0471. The third-order valence-corrected chi connectivity index (χ3v) is 3.61. The van der Waals surface area contributed by atoms with Gasteiger partial charge in [0.15, 0.2) is 0 Å². The molecule has 3 unspecified atom stereocenters. The van der Waals surface area contributed by atoms with Crippen LogP contribution in [-0.4, -0.2) is 38.4 Å². The van der Waals surface area contributed by atoms with Crippen molar-refractivity contribution in [3.05, 3.63) is 0 Å². The smallest absolute Gasteiger partial charge is 0.308 e. The summed E-state index contributed by atoms with van der Waals surface area (Å²) in [6, 6.07) is 0.950. The fraction of sp³-hybridized carbons (Fsp3) is 0.917. The van der Waals surface area contributed by atoms with Crippen LogP contribution in [0.5, 0.6) is 0 Å². The van der Waals surface area contributed by atoms with Crippen LogP contribution >= 0.6 is 0 Å². The number of methoxy groups -OCH3 is 1. The third kappa shape index (κ3) is 2.95. The number of rotatable bonds is 3. The average molecular weight is 227 g/mol. The van der Waals surface area contributed by atoms with Crippen molar-refractivity contribution in [2.45, 2.75) is 44.2 Å². The maximum atomic E-state index is 11.5. The van der Waals surface area contributed by atoms with Crippen molar-refractivity contribution in [1.82, 2.24) is 5.32 Å². The van der Waals surface area contributed by atoms with E-state index >= 15 is 0 Å². The lowest BCUT2D eigenvalue weighted by atomic mass is 9.85. The Bertz CT molecular complexity index is 238. The molecule has 0 bridgehead atoms. The summed E-state index contributed by atoms with van der Waals surface area (Å²) in [5.41, 5.74) is 0. The number of esters is 1. The summed E-state index contributed by atoms with van der Waals surface area (Å²) in [6.07, 6.45) is 5.28. The first-order valence-electron chi connectivity index (χ1n) is 6.21. The average Bonchev–Trinajstić information content (AvgIpc) is 2.81. The van der Waals surface area contributed by atoms with Crippen molar-refractivity contribution in [3.8, 4) is 0 Å². The number of carbonyl (C=O) groups is 1. The number of carbonyl (C=O) groups excluding carboxylic acids is 1. The Labute approximate surface area is 96.7 Å². The van der Waals surface area contributed by atoms with E-state index in [-0.39, 0.29) is 11.9 Å². The highest BCUT2D eigenvalue weighted by atomic mass is 16.5. The highest BCUT2D eigenvalue weighted by molar-refractivity contribution is 5.72. The molecule has 0 aromatic carbocycles. The van der Waals surface area contributed by atoms with Crippen LogP contribution in [0, 0.1) is 5.92 Å². The molecule has 16 heavy (non-hydrogen) atoms. The van der Waals surface area contributed by atoms with Crippen LogP contribution in [0.25, 0.3) is 0 Å². The van der Waals surface area contributed by atoms with Crippen molar-refractivity contribution >= 4 is 5.97 Å². The van der Waals surface area contributed by atoms with Gasteiger partial charge in [0.2, 0.25) is 0 Å². The molecule has 4 nitrogen and oxygen atoms in total. The van der Waals surface area contributed by atoms with Gasteiger partial charge in [-0.3, -0.25) is 4.79 Å². The SMILES string of the molecule is COC(=O)C1CCCC(NC2CCOC2)C1. The van der Waals surface area contributed by atoms with Gasteiger partial charge < -0.3 is 14.8 Å². The Morgan fingerprint density at radius 2 is 2.19 bits per heavy atom. The standard InChI is InChI=1S/C12H21NO3/c1-15-12(14)9-3-2-4-10(7-9)13-11-5-6-16-8-11/h9-11,13H,2-8H2,1H3. The third-order valence-electron chi connectivity index (χ3n) is 3.61. The molecular weight excluding hydrogens is 206 g/mol. The fourth-order valence-electron chi connectivity index (χ4n) is 2.72. The predicted octanol–water partition coefficient (Wildman–Crippen LogP) is 1.10. The molecular formula is C12H21NO3. The van der Waals surface area contributed by atoms with Gasteiger partial charge in [0, 0.05) is 18.7 Å². The van der Waals surface area contributed by atoms with E-state index in [0.717, 1.165) is 38.9 Å². The summed E-state index contributed by atoms with van der Waals surface area (Å²) >= 11 is 0. The first kappa shape index (κ1) is 11.9. The normalized spacial score (nSPS) is 34.9. The molecule has 0 spiro atoms. The molecule has 3 atom stereocenters. The lowest BCUT2D eigenvalue weighted by Gasteiger charge is -2.30. The zero-order chi connectivity index (χ0) is 11.4. The number of ether oxygens (including phenoxy) is 2. The molecule has 1 heterocycles. The van der Waals surface area contributed by atoms with E-state index in [0.29, 0.717) is 12.1 Å². The van der Waals surface area contributed by atoms with Gasteiger partial charge in [-0.15, -0.1) is 0 Å². The molecule has 0 aromatic heterocycles. The molecule has 0 aromatic rings. The molecule has 0 amide bonds.